The molecule has 5 aliphatic rings. The highest BCUT2D eigenvalue weighted by atomic mass is 16.2. The second-order valence-electron chi connectivity index (χ2n) is 10.7. The molecule has 4 saturated carbocycles. The molecule has 1 saturated heterocycles. The quantitative estimate of drug-likeness (QED) is 0.734. The molecule has 5 nitrogen and oxygen atoms in total. The first-order valence-electron chi connectivity index (χ1n) is 11.6. The summed E-state index contributed by atoms with van der Waals surface area (Å²) in [5.74, 6) is 3.19. The Labute approximate surface area is 170 Å². The number of piperidine rings is 1. The van der Waals surface area contributed by atoms with Crippen LogP contribution in [-0.2, 0) is 9.59 Å². The minimum atomic E-state index is -0.381. The predicted molar refractivity (Wildman–Crippen MR) is 111 cm³/mol. The summed E-state index contributed by atoms with van der Waals surface area (Å²) in [6.07, 6.45) is 9.40. The number of hydrogen-bond donors (Lipinski definition) is 2. The van der Waals surface area contributed by atoms with E-state index < -0.39 is 0 Å². The van der Waals surface area contributed by atoms with Gasteiger partial charge >= 0.3 is 0 Å². The van der Waals surface area contributed by atoms with E-state index in [2.05, 4.69) is 24.5 Å². The third kappa shape index (κ3) is 3.83. The van der Waals surface area contributed by atoms with Crippen LogP contribution < -0.4 is 10.6 Å². The molecule has 5 fully saturated rings. The normalized spacial score (nSPS) is 37.9. The number of nitrogens with zero attached hydrogens (tertiary/aromatic N) is 1. The summed E-state index contributed by atoms with van der Waals surface area (Å²) >= 11 is 0. The van der Waals surface area contributed by atoms with Gasteiger partial charge in [0.15, 0.2) is 0 Å². The molecule has 0 aromatic heterocycles. The van der Waals surface area contributed by atoms with E-state index >= 15 is 0 Å². The van der Waals surface area contributed by atoms with E-state index in [0.717, 1.165) is 63.1 Å². The van der Waals surface area contributed by atoms with Crippen molar-refractivity contribution in [1.29, 1.82) is 0 Å². The Kier molecular flexibility index (Phi) is 5.74. The Morgan fingerprint density at radius 1 is 1.07 bits per heavy atom. The molecule has 28 heavy (non-hydrogen) atoms. The van der Waals surface area contributed by atoms with Crippen molar-refractivity contribution in [3.63, 3.8) is 0 Å². The minimum absolute atomic E-state index is 0.120. The van der Waals surface area contributed by atoms with Gasteiger partial charge in [0, 0.05) is 18.5 Å². The van der Waals surface area contributed by atoms with E-state index in [-0.39, 0.29) is 29.2 Å². The molecule has 2 N–H and O–H groups in total. The summed E-state index contributed by atoms with van der Waals surface area (Å²) in [4.78, 5) is 28.8. The van der Waals surface area contributed by atoms with Crippen LogP contribution in [0, 0.1) is 35.0 Å². The number of carbonyl (C=O) groups excluding carboxylic acids is 2. The van der Waals surface area contributed by atoms with Crippen LogP contribution in [0.15, 0.2) is 0 Å². The van der Waals surface area contributed by atoms with Gasteiger partial charge < -0.3 is 15.5 Å². The maximum absolute atomic E-state index is 13.5. The van der Waals surface area contributed by atoms with Gasteiger partial charge in [-0.2, -0.15) is 0 Å². The van der Waals surface area contributed by atoms with Gasteiger partial charge in [-0.1, -0.05) is 13.8 Å². The lowest BCUT2D eigenvalue weighted by molar-refractivity contribution is -0.151. The Hall–Kier alpha value is -1.10. The first-order chi connectivity index (χ1) is 13.4. The van der Waals surface area contributed by atoms with Crippen molar-refractivity contribution in [3.8, 4) is 0 Å². The zero-order chi connectivity index (χ0) is 19.9. The SMILES string of the molecule is CNCC1CCCN(C(=O)C(NC(=O)C23CC4CC(CC(C4)C2)C3)C(C)C)C1. The molecule has 0 spiro atoms. The molecule has 4 aliphatic carbocycles. The predicted octanol–water partition coefficient (Wildman–Crippen LogP) is 2.80. The highest BCUT2D eigenvalue weighted by Crippen LogP contribution is 2.60. The zero-order valence-electron chi connectivity index (χ0n) is 18.0. The monoisotopic (exact) mass is 389 g/mol. The second kappa shape index (κ2) is 7.97. The Morgan fingerprint density at radius 2 is 1.68 bits per heavy atom. The van der Waals surface area contributed by atoms with Crippen molar-refractivity contribution in [2.75, 3.05) is 26.7 Å². The van der Waals surface area contributed by atoms with Gasteiger partial charge in [-0.05, 0) is 94.5 Å². The number of rotatable bonds is 6. The molecule has 158 valence electrons. The summed E-state index contributed by atoms with van der Waals surface area (Å²) in [5.41, 5.74) is -0.182. The fraction of sp³-hybridized carbons (Fsp3) is 0.913. The van der Waals surface area contributed by atoms with Gasteiger partial charge in [0.2, 0.25) is 11.8 Å². The van der Waals surface area contributed by atoms with Crippen LogP contribution in [0.1, 0.15) is 65.2 Å². The standard InChI is InChI=1S/C23H39N3O2/c1-15(2)20(21(27)26-6-4-5-16(14-26)13-24-3)25-22(28)23-10-17-7-18(11-23)9-19(8-17)12-23/h15-20,24H,4-14H2,1-3H3,(H,25,28). The van der Waals surface area contributed by atoms with E-state index in [1.165, 1.54) is 25.7 Å². The van der Waals surface area contributed by atoms with Gasteiger partial charge in [-0.15, -0.1) is 0 Å². The first-order valence-corrected chi connectivity index (χ1v) is 11.6. The lowest BCUT2D eigenvalue weighted by atomic mass is 9.49. The maximum atomic E-state index is 13.5. The summed E-state index contributed by atoms with van der Waals surface area (Å²) < 4.78 is 0. The topological polar surface area (TPSA) is 61.4 Å². The van der Waals surface area contributed by atoms with Crippen LogP contribution >= 0.6 is 0 Å². The van der Waals surface area contributed by atoms with E-state index in [1.54, 1.807) is 0 Å². The lowest BCUT2D eigenvalue weighted by Gasteiger charge is -2.56. The van der Waals surface area contributed by atoms with Gasteiger partial charge in [-0.25, -0.2) is 0 Å². The third-order valence-corrected chi connectivity index (χ3v) is 8.06. The lowest BCUT2D eigenvalue weighted by Crippen LogP contribution is -2.59. The molecular weight excluding hydrogens is 350 g/mol. The summed E-state index contributed by atoms with van der Waals surface area (Å²) in [5, 5.41) is 6.52. The smallest absolute Gasteiger partial charge is 0.245 e. The minimum Gasteiger partial charge on any atom is -0.344 e. The zero-order valence-corrected chi connectivity index (χ0v) is 18.0. The van der Waals surface area contributed by atoms with Gasteiger partial charge in [-0.3, -0.25) is 9.59 Å². The third-order valence-electron chi connectivity index (χ3n) is 8.06. The molecule has 4 bridgehead atoms. The Morgan fingerprint density at radius 3 is 2.21 bits per heavy atom. The molecule has 2 atom stereocenters. The highest BCUT2D eigenvalue weighted by molar-refractivity contribution is 5.90. The van der Waals surface area contributed by atoms with Crippen molar-refractivity contribution in [1.82, 2.24) is 15.5 Å². The number of amides is 2. The van der Waals surface area contributed by atoms with E-state index in [9.17, 15) is 9.59 Å². The largest absolute Gasteiger partial charge is 0.344 e. The number of likely N-dealkylation sites (tertiary alicyclic amines) is 1. The average molecular weight is 390 g/mol. The van der Waals surface area contributed by atoms with E-state index in [4.69, 9.17) is 0 Å². The summed E-state index contributed by atoms with van der Waals surface area (Å²) in [6, 6.07) is -0.381. The highest BCUT2D eigenvalue weighted by Gasteiger charge is 2.55. The number of hydrogen-bond acceptors (Lipinski definition) is 3. The van der Waals surface area contributed by atoms with Crippen molar-refractivity contribution < 1.29 is 9.59 Å². The van der Waals surface area contributed by atoms with Crippen molar-refractivity contribution in [2.24, 2.45) is 35.0 Å². The Balaban J connectivity index is 1.43. The van der Waals surface area contributed by atoms with Crippen LogP contribution in [-0.4, -0.2) is 49.4 Å². The second-order valence-corrected chi connectivity index (χ2v) is 10.7. The van der Waals surface area contributed by atoms with Gasteiger partial charge in [0.25, 0.3) is 0 Å². The Bertz CT molecular complexity index is 565. The summed E-state index contributed by atoms with van der Waals surface area (Å²) in [7, 11) is 1.98. The van der Waals surface area contributed by atoms with Crippen LogP contribution in [0.3, 0.4) is 0 Å². The maximum Gasteiger partial charge on any atom is 0.245 e. The number of nitrogens with one attached hydrogen (secondary N) is 2. The van der Waals surface area contributed by atoms with E-state index in [1.807, 2.05) is 11.9 Å². The molecule has 1 aliphatic heterocycles. The van der Waals surface area contributed by atoms with Gasteiger partial charge in [0.05, 0.1) is 0 Å². The molecular formula is C23H39N3O2. The molecule has 5 heteroatoms. The van der Waals surface area contributed by atoms with Crippen LogP contribution in [0.2, 0.25) is 0 Å². The molecule has 0 aromatic rings. The number of carbonyl (C=O) groups is 2. The fourth-order valence-corrected chi connectivity index (χ4v) is 7.11. The van der Waals surface area contributed by atoms with Crippen LogP contribution in [0.25, 0.3) is 0 Å². The average Bonchev–Trinajstić information content (AvgIpc) is 2.64. The molecule has 0 radical (unpaired) electrons. The molecule has 5 rings (SSSR count). The van der Waals surface area contributed by atoms with Crippen molar-refractivity contribution in [2.45, 2.75) is 71.3 Å². The fourth-order valence-electron chi connectivity index (χ4n) is 7.11. The van der Waals surface area contributed by atoms with E-state index in [0.29, 0.717) is 5.92 Å². The van der Waals surface area contributed by atoms with Crippen LogP contribution in [0.4, 0.5) is 0 Å². The van der Waals surface area contributed by atoms with Crippen molar-refractivity contribution >= 4 is 11.8 Å². The molecule has 2 unspecified atom stereocenters. The van der Waals surface area contributed by atoms with Gasteiger partial charge in [0.1, 0.15) is 6.04 Å². The first kappa shape index (κ1) is 20.2. The molecule has 1 heterocycles. The molecule has 2 amide bonds. The summed E-state index contributed by atoms with van der Waals surface area (Å²) in [6.45, 7) is 6.73. The molecule has 0 aromatic carbocycles. The van der Waals surface area contributed by atoms with Crippen LogP contribution in [0.5, 0.6) is 0 Å². The van der Waals surface area contributed by atoms with Crippen molar-refractivity contribution in [3.05, 3.63) is 0 Å².